The molecule has 12 nitrogen and oxygen atoms in total. The largest absolute Gasteiger partial charge is 0.444 e. The number of rotatable bonds is 4. The molecule has 3 aliphatic heterocycles. The highest BCUT2D eigenvalue weighted by Gasteiger charge is 2.53. The Morgan fingerprint density at radius 3 is 2.50 bits per heavy atom. The molecule has 2 bridgehead atoms. The maximum Gasteiger partial charge on any atom is 0.418 e. The first-order valence-electron chi connectivity index (χ1n) is 9.89. The van der Waals surface area contributed by atoms with E-state index in [0.717, 1.165) is 0 Å². The summed E-state index contributed by atoms with van der Waals surface area (Å²) in [5, 5.41) is 3.53. The van der Waals surface area contributed by atoms with Crippen LogP contribution in [-0.4, -0.2) is 89.2 Å². The molecule has 0 radical (unpaired) electrons. The third-order valence-electron chi connectivity index (χ3n) is 5.25. The molecule has 4 amide bonds. The quantitative estimate of drug-likeness (QED) is 0.592. The first-order valence-corrected chi connectivity index (χ1v) is 11.3. The lowest BCUT2D eigenvalue weighted by Crippen LogP contribution is -2.53. The van der Waals surface area contributed by atoms with Crippen LogP contribution in [-0.2, 0) is 24.2 Å². The van der Waals surface area contributed by atoms with Gasteiger partial charge in [0.15, 0.2) is 0 Å². The number of amides is 4. The van der Waals surface area contributed by atoms with Crippen molar-refractivity contribution in [1.29, 1.82) is 0 Å². The minimum Gasteiger partial charge on any atom is -0.444 e. The second-order valence-electron chi connectivity index (χ2n) is 8.77. The topological polar surface area (TPSA) is 146 Å². The van der Waals surface area contributed by atoms with Gasteiger partial charge >= 0.3 is 22.5 Å². The zero-order chi connectivity index (χ0) is 22.3. The van der Waals surface area contributed by atoms with Crippen molar-refractivity contribution in [3.8, 4) is 0 Å². The van der Waals surface area contributed by atoms with Gasteiger partial charge in [0.05, 0.1) is 6.04 Å². The maximum atomic E-state index is 12.7. The molecule has 3 heterocycles. The number of nitrogens with one attached hydrogen (secondary N) is 1. The van der Waals surface area contributed by atoms with E-state index in [2.05, 4.69) is 9.60 Å². The zero-order valence-corrected chi connectivity index (χ0v) is 18.1. The molecule has 0 aromatic heterocycles. The molecule has 3 atom stereocenters. The number of hydrogen-bond acceptors (Lipinski definition) is 7. The molecular formula is C17H28N4O8S. The van der Waals surface area contributed by atoms with Crippen LogP contribution in [0.15, 0.2) is 0 Å². The van der Waals surface area contributed by atoms with E-state index in [1.54, 1.807) is 25.7 Å². The molecule has 0 aliphatic carbocycles. The Labute approximate surface area is 175 Å². The van der Waals surface area contributed by atoms with Gasteiger partial charge in [-0.2, -0.15) is 13.5 Å². The highest BCUT2D eigenvalue weighted by atomic mass is 32.3. The Bertz CT molecular complexity index is 811. The molecule has 0 saturated carbocycles. The third kappa shape index (κ3) is 5.32. The van der Waals surface area contributed by atoms with Gasteiger partial charge in [0.1, 0.15) is 11.6 Å². The molecule has 0 unspecified atom stereocenters. The van der Waals surface area contributed by atoms with E-state index < -0.39 is 34.1 Å². The van der Waals surface area contributed by atoms with Crippen LogP contribution in [0.4, 0.5) is 9.59 Å². The van der Waals surface area contributed by atoms with Crippen molar-refractivity contribution in [3.63, 3.8) is 0 Å². The van der Waals surface area contributed by atoms with Gasteiger partial charge < -0.3 is 19.9 Å². The van der Waals surface area contributed by atoms with Crippen LogP contribution in [0, 0.1) is 0 Å². The molecule has 3 aliphatic rings. The van der Waals surface area contributed by atoms with Gasteiger partial charge in [-0.05, 0) is 40.0 Å². The summed E-state index contributed by atoms with van der Waals surface area (Å²) in [7, 11) is -4.82. The van der Waals surface area contributed by atoms with Gasteiger partial charge in [-0.3, -0.25) is 9.35 Å². The van der Waals surface area contributed by atoms with Gasteiger partial charge in [-0.1, -0.05) is 0 Å². The number of hydrogen-bond donors (Lipinski definition) is 2. The zero-order valence-electron chi connectivity index (χ0n) is 17.2. The molecular weight excluding hydrogens is 420 g/mol. The number of nitrogens with zero attached hydrogens (tertiary/aromatic N) is 3. The monoisotopic (exact) mass is 448 g/mol. The van der Waals surface area contributed by atoms with Crippen LogP contribution >= 0.6 is 0 Å². The van der Waals surface area contributed by atoms with Crippen LogP contribution in [0.3, 0.4) is 0 Å². The van der Waals surface area contributed by atoms with E-state index in [1.807, 2.05) is 0 Å². The van der Waals surface area contributed by atoms with Crippen LogP contribution in [0.5, 0.6) is 0 Å². The summed E-state index contributed by atoms with van der Waals surface area (Å²) < 4.78 is 40.2. The summed E-state index contributed by atoms with van der Waals surface area (Å²) in [5.74, 6) is -0.326. The SMILES string of the molecule is CC(C)(C)OC(=O)N1CCC[C@H](NC(=O)[C@@H]2C[C@@H]3CN2C(=O)N3OS(=O)(=O)O)CC1. The number of urea groups is 1. The lowest BCUT2D eigenvalue weighted by atomic mass is 10.1. The second-order valence-corrected chi connectivity index (χ2v) is 9.78. The number of hydroxylamine groups is 2. The smallest absolute Gasteiger partial charge is 0.418 e. The number of likely N-dealkylation sites (tertiary alicyclic amines) is 1. The number of ether oxygens (including phenoxy) is 1. The number of fused-ring (bicyclic) bond motifs is 2. The molecule has 3 saturated heterocycles. The van der Waals surface area contributed by atoms with Gasteiger partial charge in [0.2, 0.25) is 5.91 Å². The number of carbonyl (C=O) groups is 3. The molecule has 2 N–H and O–H groups in total. The molecule has 170 valence electrons. The van der Waals surface area contributed by atoms with Crippen LogP contribution in [0.25, 0.3) is 0 Å². The minimum absolute atomic E-state index is 0.142. The predicted octanol–water partition coefficient (Wildman–Crippen LogP) is 0.505. The van der Waals surface area contributed by atoms with Crippen molar-refractivity contribution in [2.75, 3.05) is 19.6 Å². The summed E-state index contributed by atoms with van der Waals surface area (Å²) in [6.45, 7) is 6.55. The average Bonchev–Trinajstić information content (AvgIpc) is 3.05. The normalized spacial score (nSPS) is 27.3. The standard InChI is InChI=1S/C17H28N4O8S/c1-17(2,3)28-16(24)19-7-4-5-11(6-8-19)18-14(22)13-9-12-10-20(13)15(23)21(12)29-30(25,26)27/h11-13H,4-10H2,1-3H3,(H,18,22)(H,25,26,27)/t11-,12+,13-/m0/s1. The Kier molecular flexibility index (Phi) is 6.16. The van der Waals surface area contributed by atoms with Gasteiger partial charge in [0, 0.05) is 32.1 Å². The van der Waals surface area contributed by atoms with Crippen LogP contribution in [0.1, 0.15) is 46.5 Å². The first-order chi connectivity index (χ1) is 13.8. The molecule has 0 aromatic carbocycles. The fourth-order valence-electron chi connectivity index (χ4n) is 3.97. The first kappa shape index (κ1) is 22.6. The molecule has 0 spiro atoms. The Morgan fingerprint density at radius 2 is 1.90 bits per heavy atom. The summed E-state index contributed by atoms with van der Waals surface area (Å²) in [6.07, 6.45) is 1.78. The fraction of sp³-hybridized carbons (Fsp3) is 0.824. The average molecular weight is 448 g/mol. The van der Waals surface area contributed by atoms with Gasteiger partial charge in [0.25, 0.3) is 0 Å². The Balaban J connectivity index is 1.52. The molecule has 0 aromatic rings. The lowest BCUT2D eigenvalue weighted by Gasteiger charge is -2.30. The van der Waals surface area contributed by atoms with Crippen molar-refractivity contribution < 1.29 is 36.4 Å². The molecule has 3 fully saturated rings. The molecule has 3 rings (SSSR count). The summed E-state index contributed by atoms with van der Waals surface area (Å²) >= 11 is 0. The fourth-order valence-corrected chi connectivity index (χ4v) is 4.36. The van der Waals surface area contributed by atoms with E-state index in [-0.39, 0.29) is 31.0 Å². The van der Waals surface area contributed by atoms with Crippen molar-refractivity contribution in [2.24, 2.45) is 0 Å². The third-order valence-corrected chi connectivity index (χ3v) is 5.60. The van der Waals surface area contributed by atoms with Crippen molar-refractivity contribution in [1.82, 2.24) is 20.2 Å². The van der Waals surface area contributed by atoms with Crippen LogP contribution < -0.4 is 5.32 Å². The molecule has 30 heavy (non-hydrogen) atoms. The summed E-state index contributed by atoms with van der Waals surface area (Å²) in [5.41, 5.74) is -0.577. The van der Waals surface area contributed by atoms with Crippen molar-refractivity contribution >= 4 is 28.4 Å². The summed E-state index contributed by atoms with van der Waals surface area (Å²) in [6, 6.07) is -2.28. The van der Waals surface area contributed by atoms with Gasteiger partial charge in [-0.15, -0.1) is 4.28 Å². The maximum absolute atomic E-state index is 12.7. The van der Waals surface area contributed by atoms with E-state index in [4.69, 9.17) is 9.29 Å². The Morgan fingerprint density at radius 1 is 1.20 bits per heavy atom. The second kappa shape index (κ2) is 8.19. The lowest BCUT2D eigenvalue weighted by molar-refractivity contribution is -0.127. The van der Waals surface area contributed by atoms with Gasteiger partial charge in [-0.25, -0.2) is 9.59 Å². The summed E-state index contributed by atoms with van der Waals surface area (Å²) in [4.78, 5) is 40.1. The van der Waals surface area contributed by atoms with E-state index in [0.29, 0.717) is 37.4 Å². The predicted molar refractivity (Wildman–Crippen MR) is 102 cm³/mol. The molecule has 13 heteroatoms. The van der Waals surface area contributed by atoms with E-state index in [9.17, 15) is 22.8 Å². The van der Waals surface area contributed by atoms with E-state index in [1.165, 1.54) is 4.90 Å². The van der Waals surface area contributed by atoms with Crippen molar-refractivity contribution in [2.45, 2.75) is 70.2 Å². The minimum atomic E-state index is -4.82. The van der Waals surface area contributed by atoms with Crippen LogP contribution in [0.2, 0.25) is 0 Å². The Hall–Kier alpha value is -2.12. The van der Waals surface area contributed by atoms with E-state index >= 15 is 0 Å². The van der Waals surface area contributed by atoms with Crippen molar-refractivity contribution in [3.05, 3.63) is 0 Å². The highest BCUT2D eigenvalue weighted by molar-refractivity contribution is 7.80. The number of carbonyl (C=O) groups excluding carboxylic acids is 3. The highest BCUT2D eigenvalue weighted by Crippen LogP contribution is 2.32.